The van der Waals surface area contributed by atoms with Gasteiger partial charge in [0, 0.05) is 5.56 Å². The molecule has 2 N–H and O–H groups in total. The van der Waals surface area contributed by atoms with Crippen molar-refractivity contribution in [2.24, 2.45) is 0 Å². The third kappa shape index (κ3) is 3.99. The Bertz CT molecular complexity index is 956. The van der Waals surface area contributed by atoms with E-state index in [0.717, 1.165) is 11.3 Å². The zero-order chi connectivity index (χ0) is 18.7. The summed E-state index contributed by atoms with van der Waals surface area (Å²) >= 11 is 1.05. The molecule has 3 rings (SSSR count). The Morgan fingerprint density at radius 3 is 2.88 bits per heavy atom. The second-order valence-corrected chi connectivity index (χ2v) is 6.15. The zero-order valence-electron chi connectivity index (χ0n) is 13.5. The van der Waals surface area contributed by atoms with Crippen molar-refractivity contribution in [3.63, 3.8) is 0 Å². The number of anilines is 1. The van der Waals surface area contributed by atoms with Gasteiger partial charge in [0.25, 0.3) is 12.3 Å². The number of halogens is 2. The Hall–Kier alpha value is -2.95. The highest BCUT2D eigenvalue weighted by molar-refractivity contribution is 7.15. The van der Waals surface area contributed by atoms with Gasteiger partial charge in [-0.05, 0) is 25.1 Å². The van der Waals surface area contributed by atoms with E-state index in [1.807, 2.05) is 0 Å². The Labute approximate surface area is 149 Å². The highest BCUT2D eigenvalue weighted by Gasteiger charge is 2.16. The molecule has 2 aromatic heterocycles. The van der Waals surface area contributed by atoms with Crippen molar-refractivity contribution < 1.29 is 23.1 Å². The van der Waals surface area contributed by atoms with Crippen molar-refractivity contribution in [3.8, 4) is 0 Å². The van der Waals surface area contributed by atoms with Crippen LogP contribution in [0.15, 0.2) is 18.2 Å². The van der Waals surface area contributed by atoms with Gasteiger partial charge in [-0.15, -0.1) is 10.2 Å². The number of amides is 1. The highest BCUT2D eigenvalue weighted by atomic mass is 32.1. The number of benzene rings is 1. The summed E-state index contributed by atoms with van der Waals surface area (Å²) in [6, 6.07) is 4.36. The second kappa shape index (κ2) is 7.52. The molecule has 0 aliphatic heterocycles. The van der Waals surface area contributed by atoms with E-state index in [1.54, 1.807) is 6.92 Å². The quantitative estimate of drug-likeness (QED) is 0.636. The van der Waals surface area contributed by atoms with Gasteiger partial charge in [-0.25, -0.2) is 13.8 Å². The minimum atomic E-state index is -2.72. The van der Waals surface area contributed by atoms with Crippen molar-refractivity contribution >= 4 is 39.4 Å². The third-order valence-electron chi connectivity index (χ3n) is 3.26. The molecule has 136 valence electrons. The molecule has 0 aliphatic rings. The number of alkyl halides is 2. The molecular weight excluding hydrogens is 368 g/mol. The lowest BCUT2D eigenvalue weighted by Gasteiger charge is -2.01. The number of ether oxygens (including phenoxy) is 1. The molecule has 0 unspecified atom stereocenters. The van der Waals surface area contributed by atoms with Gasteiger partial charge in [-0.2, -0.15) is 0 Å². The van der Waals surface area contributed by atoms with Crippen molar-refractivity contribution in [1.82, 2.24) is 20.2 Å². The summed E-state index contributed by atoms with van der Waals surface area (Å²) < 4.78 is 30.2. The van der Waals surface area contributed by atoms with Gasteiger partial charge >= 0.3 is 5.97 Å². The van der Waals surface area contributed by atoms with Crippen LogP contribution in [-0.2, 0) is 16.0 Å². The van der Waals surface area contributed by atoms with Crippen molar-refractivity contribution in [2.75, 3.05) is 11.9 Å². The standard InChI is InChI=1S/C15H13F2N5O3S/c1-2-25-11(23)6-10-21-22-15(26-10)20-14(24)7-3-4-8-9(5-7)19-13(18-8)12(16)17/h3-5,12H,2,6H2,1H3,(H,18,19)(H,20,22,24). The molecule has 2 heterocycles. The largest absolute Gasteiger partial charge is 0.466 e. The number of nitrogens with zero attached hydrogens (tertiary/aromatic N) is 3. The maximum Gasteiger partial charge on any atom is 0.312 e. The molecule has 0 saturated heterocycles. The van der Waals surface area contributed by atoms with E-state index >= 15 is 0 Å². The Kier molecular flexibility index (Phi) is 5.16. The topological polar surface area (TPSA) is 110 Å². The number of imidazole rings is 1. The van der Waals surface area contributed by atoms with Crippen molar-refractivity contribution in [1.29, 1.82) is 0 Å². The summed E-state index contributed by atoms with van der Waals surface area (Å²) in [4.78, 5) is 29.9. The molecule has 8 nitrogen and oxygen atoms in total. The molecule has 0 radical (unpaired) electrons. The summed E-state index contributed by atoms with van der Waals surface area (Å²) in [5.41, 5.74) is 0.904. The van der Waals surface area contributed by atoms with Crippen molar-refractivity contribution in [2.45, 2.75) is 19.8 Å². The Morgan fingerprint density at radius 1 is 1.35 bits per heavy atom. The average Bonchev–Trinajstić information content (AvgIpc) is 3.20. The van der Waals surface area contributed by atoms with Crippen LogP contribution in [0.25, 0.3) is 11.0 Å². The SMILES string of the molecule is CCOC(=O)Cc1nnc(NC(=O)c2ccc3nc(C(F)F)[nH]c3c2)s1. The first-order chi connectivity index (χ1) is 12.5. The number of esters is 1. The fraction of sp³-hybridized carbons (Fsp3) is 0.267. The maximum atomic E-state index is 12.7. The predicted molar refractivity (Wildman–Crippen MR) is 89.2 cm³/mol. The lowest BCUT2D eigenvalue weighted by molar-refractivity contribution is -0.142. The summed E-state index contributed by atoms with van der Waals surface area (Å²) in [5.74, 6) is -1.37. The molecule has 3 aromatic rings. The smallest absolute Gasteiger partial charge is 0.312 e. The van der Waals surface area contributed by atoms with E-state index in [-0.39, 0.29) is 23.7 Å². The number of hydrogen-bond donors (Lipinski definition) is 2. The average molecular weight is 381 g/mol. The first-order valence-electron chi connectivity index (χ1n) is 7.53. The van der Waals surface area contributed by atoms with Crippen LogP contribution >= 0.6 is 11.3 Å². The molecule has 0 atom stereocenters. The summed E-state index contributed by atoms with van der Waals surface area (Å²) in [6.45, 7) is 1.97. The molecular formula is C15H13F2N5O3S. The Morgan fingerprint density at radius 2 is 2.15 bits per heavy atom. The van der Waals surface area contributed by atoms with Crippen molar-refractivity contribution in [3.05, 3.63) is 34.6 Å². The second-order valence-electron chi connectivity index (χ2n) is 5.09. The van der Waals surface area contributed by atoms with E-state index in [4.69, 9.17) is 4.74 Å². The predicted octanol–water partition coefficient (Wildman–Crippen LogP) is 2.71. The summed E-state index contributed by atoms with van der Waals surface area (Å²) in [6.07, 6.45) is -2.75. The zero-order valence-corrected chi connectivity index (χ0v) is 14.3. The molecule has 0 spiro atoms. The third-order valence-corrected chi connectivity index (χ3v) is 4.10. The van der Waals surface area contributed by atoms with Gasteiger partial charge in [-0.3, -0.25) is 14.9 Å². The van der Waals surface area contributed by atoms with Crippen LogP contribution in [0.1, 0.15) is 34.5 Å². The molecule has 26 heavy (non-hydrogen) atoms. The Balaban J connectivity index is 1.71. The number of rotatable bonds is 6. The number of nitrogens with one attached hydrogen (secondary N) is 2. The molecule has 0 aliphatic carbocycles. The van der Waals surface area contributed by atoms with Gasteiger partial charge < -0.3 is 9.72 Å². The number of carbonyl (C=O) groups is 2. The van der Waals surface area contributed by atoms with Crippen LogP contribution in [0, 0.1) is 0 Å². The number of carbonyl (C=O) groups excluding carboxylic acids is 2. The van der Waals surface area contributed by atoms with Crippen LogP contribution in [-0.4, -0.2) is 38.6 Å². The molecule has 1 amide bonds. The van der Waals surface area contributed by atoms with Crippen LogP contribution < -0.4 is 5.32 Å². The number of hydrogen-bond acceptors (Lipinski definition) is 7. The van der Waals surface area contributed by atoms with E-state index in [2.05, 4.69) is 25.5 Å². The molecule has 1 aromatic carbocycles. The first-order valence-corrected chi connectivity index (χ1v) is 8.35. The fourth-order valence-electron chi connectivity index (χ4n) is 2.15. The van der Waals surface area contributed by atoms with Crippen LogP contribution in [0.2, 0.25) is 0 Å². The minimum Gasteiger partial charge on any atom is -0.466 e. The lowest BCUT2D eigenvalue weighted by atomic mass is 10.2. The van der Waals surface area contributed by atoms with Crippen LogP contribution in [0.5, 0.6) is 0 Å². The monoisotopic (exact) mass is 381 g/mol. The van der Waals surface area contributed by atoms with Gasteiger partial charge in [0.2, 0.25) is 5.13 Å². The van der Waals surface area contributed by atoms with Crippen LogP contribution in [0.3, 0.4) is 0 Å². The fourth-order valence-corrected chi connectivity index (χ4v) is 2.87. The van der Waals surface area contributed by atoms with Gasteiger partial charge in [0.05, 0.1) is 24.1 Å². The van der Waals surface area contributed by atoms with Gasteiger partial charge in [0.15, 0.2) is 5.82 Å². The first kappa shape index (κ1) is 17.9. The molecule has 0 bridgehead atoms. The van der Waals surface area contributed by atoms with Crippen LogP contribution in [0.4, 0.5) is 13.9 Å². The molecule has 0 saturated carbocycles. The highest BCUT2D eigenvalue weighted by Crippen LogP contribution is 2.22. The summed E-state index contributed by atoms with van der Waals surface area (Å²) in [5, 5.41) is 10.8. The number of fused-ring (bicyclic) bond motifs is 1. The van der Waals surface area contributed by atoms with Gasteiger partial charge in [0.1, 0.15) is 5.01 Å². The number of aromatic nitrogens is 4. The lowest BCUT2D eigenvalue weighted by Crippen LogP contribution is -2.11. The summed E-state index contributed by atoms with van der Waals surface area (Å²) in [7, 11) is 0. The maximum absolute atomic E-state index is 12.7. The normalized spacial score (nSPS) is 11.1. The van der Waals surface area contributed by atoms with E-state index in [0.29, 0.717) is 16.0 Å². The van der Waals surface area contributed by atoms with Gasteiger partial charge in [-0.1, -0.05) is 11.3 Å². The molecule has 0 fully saturated rings. The number of aromatic amines is 1. The minimum absolute atomic E-state index is 0.0299. The number of H-pyrrole nitrogens is 1. The van der Waals surface area contributed by atoms with E-state index in [1.165, 1.54) is 18.2 Å². The van der Waals surface area contributed by atoms with E-state index in [9.17, 15) is 18.4 Å². The van der Waals surface area contributed by atoms with E-state index < -0.39 is 24.1 Å². The molecule has 11 heteroatoms.